The van der Waals surface area contributed by atoms with Crippen molar-refractivity contribution < 1.29 is 19.4 Å². The van der Waals surface area contributed by atoms with Gasteiger partial charge in [-0.15, -0.1) is 0 Å². The molecule has 1 aromatic rings. The van der Waals surface area contributed by atoms with E-state index in [-0.39, 0.29) is 0 Å². The normalized spacial score (nSPS) is 11.8. The third-order valence-electron chi connectivity index (χ3n) is 2.63. The number of ether oxygens (including phenoxy) is 1. The van der Waals surface area contributed by atoms with Crippen LogP contribution in [0.25, 0.3) is 0 Å². The summed E-state index contributed by atoms with van der Waals surface area (Å²) in [6.45, 7) is 1.37. The van der Waals surface area contributed by atoms with Gasteiger partial charge in [-0.25, -0.2) is 9.59 Å². The van der Waals surface area contributed by atoms with Gasteiger partial charge in [-0.1, -0.05) is 0 Å². The zero-order valence-corrected chi connectivity index (χ0v) is 11.4. The molecule has 8 heteroatoms. The third-order valence-corrected chi connectivity index (χ3v) is 2.63. The quantitative estimate of drug-likeness (QED) is 0.556. The van der Waals surface area contributed by atoms with E-state index >= 15 is 0 Å². The second-order valence-electron chi connectivity index (χ2n) is 4.20. The minimum atomic E-state index is -1.05. The van der Waals surface area contributed by atoms with E-state index < -0.39 is 18.0 Å². The van der Waals surface area contributed by atoms with Gasteiger partial charge in [-0.3, -0.25) is 4.68 Å². The molecule has 0 radical (unpaired) electrons. The van der Waals surface area contributed by atoms with E-state index in [0.717, 1.165) is 0 Å². The maximum atomic E-state index is 11.6. The summed E-state index contributed by atoms with van der Waals surface area (Å²) in [5.41, 5.74) is 0. The highest BCUT2D eigenvalue weighted by molar-refractivity contribution is 5.82. The van der Waals surface area contributed by atoms with Gasteiger partial charge < -0.3 is 20.5 Å². The molecule has 0 aliphatic rings. The average Bonchev–Trinajstić information content (AvgIpc) is 2.91. The lowest BCUT2D eigenvalue weighted by atomic mass is 10.1. The number of urea groups is 1. The molecule has 1 rings (SSSR count). The number of hydrogen-bond acceptors (Lipinski definition) is 4. The van der Waals surface area contributed by atoms with Crippen LogP contribution in [0.3, 0.4) is 0 Å². The summed E-state index contributed by atoms with van der Waals surface area (Å²) < 4.78 is 6.53. The van der Waals surface area contributed by atoms with Crippen molar-refractivity contribution in [3.05, 3.63) is 18.5 Å². The molecule has 1 unspecified atom stereocenters. The van der Waals surface area contributed by atoms with E-state index in [1.807, 2.05) is 0 Å². The monoisotopic (exact) mass is 284 g/mol. The lowest BCUT2D eigenvalue weighted by molar-refractivity contribution is -0.139. The number of aliphatic carboxylic acids is 1. The van der Waals surface area contributed by atoms with Crippen LogP contribution >= 0.6 is 0 Å². The van der Waals surface area contributed by atoms with Gasteiger partial charge in [-0.05, 0) is 18.9 Å². The predicted octanol–water partition coefficient (Wildman–Crippen LogP) is 0.0621. The Bertz CT molecular complexity index is 408. The first-order valence-corrected chi connectivity index (χ1v) is 6.37. The predicted molar refractivity (Wildman–Crippen MR) is 71.3 cm³/mol. The summed E-state index contributed by atoms with van der Waals surface area (Å²) in [6.07, 6.45) is 4.33. The van der Waals surface area contributed by atoms with E-state index in [4.69, 9.17) is 9.84 Å². The van der Waals surface area contributed by atoms with Crippen LogP contribution in [0.1, 0.15) is 12.8 Å². The van der Waals surface area contributed by atoms with Gasteiger partial charge in [0.15, 0.2) is 0 Å². The number of hydrogen-bond donors (Lipinski definition) is 3. The molecule has 20 heavy (non-hydrogen) atoms. The SMILES string of the molecule is COCCCC(NC(=O)NCCn1cccn1)C(=O)O. The Balaban J connectivity index is 2.24. The van der Waals surface area contributed by atoms with Crippen LogP contribution in [0.4, 0.5) is 4.79 Å². The first-order chi connectivity index (χ1) is 9.63. The van der Waals surface area contributed by atoms with Gasteiger partial charge in [0, 0.05) is 32.7 Å². The maximum absolute atomic E-state index is 11.6. The van der Waals surface area contributed by atoms with Gasteiger partial charge in [0.1, 0.15) is 6.04 Å². The van der Waals surface area contributed by atoms with Crippen LogP contribution < -0.4 is 10.6 Å². The molecule has 0 aromatic carbocycles. The van der Waals surface area contributed by atoms with Crippen molar-refractivity contribution >= 4 is 12.0 Å². The molecule has 0 aliphatic heterocycles. The van der Waals surface area contributed by atoms with Gasteiger partial charge in [0.25, 0.3) is 0 Å². The summed E-state index contributed by atoms with van der Waals surface area (Å²) in [6, 6.07) is 0.382. The first kappa shape index (κ1) is 16.0. The molecule has 1 heterocycles. The molecular formula is C12H20N4O4. The van der Waals surface area contributed by atoms with Crippen molar-refractivity contribution in [3.63, 3.8) is 0 Å². The molecule has 112 valence electrons. The largest absolute Gasteiger partial charge is 0.480 e. The fourth-order valence-electron chi connectivity index (χ4n) is 1.62. The zero-order valence-electron chi connectivity index (χ0n) is 11.4. The topological polar surface area (TPSA) is 105 Å². The Hall–Kier alpha value is -2.09. The standard InChI is InChI=1S/C12H20N4O4/c1-20-9-2-4-10(11(17)18)15-12(19)13-6-8-16-7-3-5-14-16/h3,5,7,10H,2,4,6,8-9H2,1H3,(H,17,18)(H2,13,15,19). The van der Waals surface area contributed by atoms with Crippen molar-refractivity contribution in [2.24, 2.45) is 0 Å². The number of carbonyl (C=O) groups is 2. The summed E-state index contributed by atoms with van der Waals surface area (Å²) in [4.78, 5) is 22.6. The number of nitrogens with zero attached hydrogens (tertiary/aromatic N) is 2. The Morgan fingerprint density at radius 1 is 1.50 bits per heavy atom. The number of rotatable bonds is 9. The molecule has 0 saturated carbocycles. The van der Waals surface area contributed by atoms with Gasteiger partial charge >= 0.3 is 12.0 Å². The van der Waals surface area contributed by atoms with Crippen molar-refractivity contribution in [3.8, 4) is 0 Å². The van der Waals surface area contributed by atoms with Crippen molar-refractivity contribution in [2.75, 3.05) is 20.3 Å². The molecule has 8 nitrogen and oxygen atoms in total. The number of carboxylic acid groups (broad SMARTS) is 1. The van der Waals surface area contributed by atoms with Crippen LogP contribution in [0.15, 0.2) is 18.5 Å². The number of nitrogens with one attached hydrogen (secondary N) is 2. The summed E-state index contributed by atoms with van der Waals surface area (Å²) in [5.74, 6) is -1.05. The molecule has 3 N–H and O–H groups in total. The van der Waals surface area contributed by atoms with E-state index in [1.165, 1.54) is 0 Å². The molecule has 0 spiro atoms. The third kappa shape index (κ3) is 6.19. The number of amides is 2. The maximum Gasteiger partial charge on any atom is 0.326 e. The van der Waals surface area contributed by atoms with Crippen molar-refractivity contribution in [1.29, 1.82) is 0 Å². The molecular weight excluding hydrogens is 264 g/mol. The summed E-state index contributed by atoms with van der Waals surface area (Å²) >= 11 is 0. The van der Waals surface area contributed by atoms with E-state index in [0.29, 0.717) is 32.5 Å². The lowest BCUT2D eigenvalue weighted by Gasteiger charge is -2.15. The van der Waals surface area contributed by atoms with Crippen LogP contribution in [-0.2, 0) is 16.1 Å². The van der Waals surface area contributed by atoms with Gasteiger partial charge in [-0.2, -0.15) is 5.10 Å². The molecule has 0 saturated heterocycles. The van der Waals surface area contributed by atoms with E-state index in [1.54, 1.807) is 30.3 Å². The summed E-state index contributed by atoms with van der Waals surface area (Å²) in [5, 5.41) is 18.0. The Kier molecular flexibility index (Phi) is 7.12. The van der Waals surface area contributed by atoms with Crippen molar-refractivity contribution in [1.82, 2.24) is 20.4 Å². The van der Waals surface area contributed by atoms with Gasteiger partial charge in [0.05, 0.1) is 6.54 Å². The van der Waals surface area contributed by atoms with Crippen LogP contribution in [0.2, 0.25) is 0 Å². The highest BCUT2D eigenvalue weighted by Crippen LogP contribution is 1.98. The fraction of sp³-hybridized carbons (Fsp3) is 0.583. The van der Waals surface area contributed by atoms with Crippen LogP contribution in [-0.4, -0.2) is 53.2 Å². The second kappa shape index (κ2) is 8.92. The molecule has 2 amide bonds. The van der Waals surface area contributed by atoms with Crippen molar-refractivity contribution in [2.45, 2.75) is 25.4 Å². The minimum Gasteiger partial charge on any atom is -0.480 e. The average molecular weight is 284 g/mol. The van der Waals surface area contributed by atoms with Crippen LogP contribution in [0.5, 0.6) is 0 Å². The summed E-state index contributed by atoms with van der Waals surface area (Å²) in [7, 11) is 1.55. The fourth-order valence-corrected chi connectivity index (χ4v) is 1.62. The highest BCUT2D eigenvalue weighted by Gasteiger charge is 2.18. The van der Waals surface area contributed by atoms with Crippen LogP contribution in [0, 0.1) is 0 Å². The highest BCUT2D eigenvalue weighted by atomic mass is 16.5. The number of carboxylic acids is 1. The van der Waals surface area contributed by atoms with E-state index in [2.05, 4.69) is 15.7 Å². The first-order valence-electron chi connectivity index (χ1n) is 6.37. The minimum absolute atomic E-state index is 0.329. The molecule has 0 bridgehead atoms. The number of carbonyl (C=O) groups excluding carboxylic acids is 1. The van der Waals surface area contributed by atoms with Gasteiger partial charge in [0.2, 0.25) is 0 Å². The molecule has 1 aromatic heterocycles. The zero-order chi connectivity index (χ0) is 14.8. The molecule has 0 aliphatic carbocycles. The Morgan fingerprint density at radius 3 is 2.90 bits per heavy atom. The lowest BCUT2D eigenvalue weighted by Crippen LogP contribution is -2.46. The molecule has 1 atom stereocenters. The molecule has 0 fully saturated rings. The smallest absolute Gasteiger partial charge is 0.326 e. The van der Waals surface area contributed by atoms with E-state index in [9.17, 15) is 9.59 Å². The number of aromatic nitrogens is 2. The second-order valence-corrected chi connectivity index (χ2v) is 4.20. The number of methoxy groups -OCH3 is 1. The Labute approximate surface area is 117 Å². The Morgan fingerprint density at radius 2 is 2.30 bits per heavy atom.